The van der Waals surface area contributed by atoms with Gasteiger partial charge in [0.05, 0.1) is 18.0 Å². The monoisotopic (exact) mass is 458 g/mol. The molecule has 2 rings (SSSR count). The number of fused-ring (bicyclic) bond motifs is 1. The molecule has 0 unspecified atom stereocenters. The van der Waals surface area contributed by atoms with Crippen LogP contribution in [-0.2, 0) is 16.3 Å². The summed E-state index contributed by atoms with van der Waals surface area (Å²) >= 11 is 1.96. The molecule has 10 heteroatoms. The molecule has 0 fully saturated rings. The molecule has 0 atom stereocenters. The van der Waals surface area contributed by atoms with E-state index in [1.165, 1.54) is 12.5 Å². The summed E-state index contributed by atoms with van der Waals surface area (Å²) in [5.41, 5.74) is -0.864. The quantitative estimate of drug-likeness (QED) is 0.297. The number of ether oxygens (including phenoxy) is 1. The van der Waals surface area contributed by atoms with E-state index in [-0.39, 0.29) is 23.8 Å². The molecule has 25 heavy (non-hydrogen) atoms. The molecule has 2 aromatic heterocycles. The first kappa shape index (κ1) is 19.2. The first-order valence-corrected chi connectivity index (χ1v) is 8.48. The smallest absolute Gasteiger partial charge is 0.312 e. The number of nitrogens with zero attached hydrogens (tertiary/aromatic N) is 6. The van der Waals surface area contributed by atoms with Crippen LogP contribution < -0.4 is 5.56 Å². The molecule has 9 nitrogen and oxygen atoms in total. The van der Waals surface area contributed by atoms with Gasteiger partial charge in [0.1, 0.15) is 3.70 Å². The van der Waals surface area contributed by atoms with Crippen molar-refractivity contribution in [2.45, 2.75) is 27.5 Å². The number of halogens is 1. The molecule has 0 N–H and O–H groups in total. The van der Waals surface area contributed by atoms with Gasteiger partial charge in [-0.1, -0.05) is 0 Å². The summed E-state index contributed by atoms with van der Waals surface area (Å²) in [6.45, 7) is 4.90. The van der Waals surface area contributed by atoms with Crippen LogP contribution in [0.1, 0.15) is 20.8 Å². The summed E-state index contributed by atoms with van der Waals surface area (Å²) in [7, 11) is 3.57. The minimum atomic E-state index is -0.684. The lowest BCUT2D eigenvalue weighted by Crippen LogP contribution is -2.29. The highest BCUT2D eigenvalue weighted by Gasteiger charge is 2.24. The van der Waals surface area contributed by atoms with Gasteiger partial charge in [0.15, 0.2) is 17.9 Å². The molecule has 0 aliphatic rings. The molecule has 134 valence electrons. The Morgan fingerprint density at radius 2 is 2.08 bits per heavy atom. The van der Waals surface area contributed by atoms with Gasteiger partial charge in [0, 0.05) is 14.1 Å². The zero-order chi connectivity index (χ0) is 18.8. The van der Waals surface area contributed by atoms with Crippen LogP contribution in [0.3, 0.4) is 0 Å². The van der Waals surface area contributed by atoms with Gasteiger partial charge in [0.25, 0.3) is 5.56 Å². The second-order valence-electron chi connectivity index (χ2n) is 6.53. The summed E-state index contributed by atoms with van der Waals surface area (Å²) in [5, 5.41) is 0. The third-order valence-electron chi connectivity index (χ3n) is 2.96. The number of carbonyl (C=O) groups excluding carboxylic acids is 1. The Morgan fingerprint density at radius 3 is 2.68 bits per heavy atom. The molecule has 0 saturated heterocycles. The normalized spacial score (nSPS) is 11.9. The van der Waals surface area contributed by atoms with E-state index in [4.69, 9.17) is 4.74 Å². The molecular weight excluding hydrogens is 439 g/mol. The van der Waals surface area contributed by atoms with E-state index in [9.17, 15) is 9.59 Å². The number of esters is 1. The number of carbonyl (C=O) groups is 1. The Balaban J connectivity index is 2.53. The minimum Gasteiger partial charge on any atom is -0.443 e. The maximum atomic E-state index is 12.7. The lowest BCUT2D eigenvalue weighted by Gasteiger charge is -2.17. The number of hydrogen-bond acceptors (Lipinski definition) is 7. The van der Waals surface area contributed by atoms with E-state index < -0.39 is 16.9 Å². The third kappa shape index (κ3) is 4.71. The zero-order valence-electron chi connectivity index (χ0n) is 14.6. The Kier molecular flexibility index (Phi) is 5.70. The summed E-state index contributed by atoms with van der Waals surface area (Å²) in [4.78, 5) is 43.2. The average molecular weight is 458 g/mol. The molecular formula is C15H19IN6O3. The number of aliphatic imine (C=N–C) groups is 1. The van der Waals surface area contributed by atoms with Crippen LogP contribution in [0.2, 0.25) is 0 Å². The maximum Gasteiger partial charge on any atom is 0.312 e. The third-order valence-corrected chi connectivity index (χ3v) is 3.48. The molecule has 0 aliphatic carbocycles. The number of hydrogen-bond donors (Lipinski definition) is 0. The van der Waals surface area contributed by atoms with E-state index in [0.29, 0.717) is 3.70 Å². The molecule has 2 aromatic rings. The van der Waals surface area contributed by atoms with Gasteiger partial charge in [-0.3, -0.25) is 9.59 Å². The average Bonchev–Trinajstić information content (AvgIpc) is 2.51. The van der Waals surface area contributed by atoms with Crippen LogP contribution in [-0.4, -0.2) is 50.8 Å². The van der Waals surface area contributed by atoms with Gasteiger partial charge >= 0.3 is 5.97 Å². The number of rotatable bonds is 4. The molecule has 2 heterocycles. The van der Waals surface area contributed by atoms with Crippen molar-refractivity contribution in [3.8, 4) is 0 Å². The molecule has 0 saturated carbocycles. The lowest BCUT2D eigenvalue weighted by molar-refractivity contribution is -0.157. The highest BCUT2D eigenvalue weighted by molar-refractivity contribution is 14.1. The van der Waals surface area contributed by atoms with Crippen LogP contribution in [0.25, 0.3) is 11.2 Å². The molecule has 0 aliphatic heterocycles. The Bertz CT molecular complexity index is 885. The van der Waals surface area contributed by atoms with Crippen LogP contribution >= 0.6 is 22.6 Å². The molecule has 0 amide bonds. The topological polar surface area (TPSA) is 103 Å². The summed E-state index contributed by atoms with van der Waals surface area (Å²) in [5.74, 6) is -0.348. The Labute approximate surface area is 158 Å². The SMILES string of the molecule is CN(C)/C=N/c1nc2ncc(I)nc2c(=O)n1COC(=O)C(C)(C)C. The summed E-state index contributed by atoms with van der Waals surface area (Å²) in [6.07, 6.45) is 3.01. The molecule has 0 spiro atoms. The van der Waals surface area contributed by atoms with Crippen LogP contribution in [0.4, 0.5) is 5.95 Å². The second kappa shape index (κ2) is 7.42. The van der Waals surface area contributed by atoms with Crippen molar-refractivity contribution in [3.63, 3.8) is 0 Å². The fourth-order valence-electron chi connectivity index (χ4n) is 1.68. The molecule has 0 aromatic carbocycles. The van der Waals surface area contributed by atoms with E-state index in [1.54, 1.807) is 39.8 Å². The number of aromatic nitrogens is 4. The van der Waals surface area contributed by atoms with E-state index in [2.05, 4.69) is 19.9 Å². The predicted molar refractivity (Wildman–Crippen MR) is 102 cm³/mol. The fraction of sp³-hybridized carbons (Fsp3) is 0.467. The summed E-state index contributed by atoms with van der Waals surface area (Å²) in [6, 6.07) is 0. The van der Waals surface area contributed by atoms with E-state index in [0.717, 1.165) is 4.57 Å². The van der Waals surface area contributed by atoms with Crippen molar-refractivity contribution in [2.24, 2.45) is 10.4 Å². The van der Waals surface area contributed by atoms with Gasteiger partial charge in [-0.2, -0.15) is 4.98 Å². The molecule has 0 radical (unpaired) electrons. The van der Waals surface area contributed by atoms with Gasteiger partial charge in [-0.15, -0.1) is 0 Å². The second-order valence-corrected chi connectivity index (χ2v) is 7.63. The van der Waals surface area contributed by atoms with E-state index in [1.807, 2.05) is 22.6 Å². The first-order valence-electron chi connectivity index (χ1n) is 7.40. The molecule has 0 bridgehead atoms. The Hall–Kier alpha value is -2.11. The first-order chi connectivity index (χ1) is 11.6. The van der Waals surface area contributed by atoms with E-state index >= 15 is 0 Å². The minimum absolute atomic E-state index is 0.0865. The van der Waals surface area contributed by atoms with Gasteiger partial charge < -0.3 is 9.64 Å². The van der Waals surface area contributed by atoms with Crippen LogP contribution in [0.15, 0.2) is 16.0 Å². The van der Waals surface area contributed by atoms with Gasteiger partial charge in [-0.25, -0.2) is 19.5 Å². The van der Waals surface area contributed by atoms with Crippen LogP contribution in [0, 0.1) is 9.12 Å². The maximum absolute atomic E-state index is 12.7. The largest absolute Gasteiger partial charge is 0.443 e. The zero-order valence-corrected chi connectivity index (χ0v) is 16.8. The van der Waals surface area contributed by atoms with Crippen molar-refractivity contribution in [3.05, 3.63) is 20.3 Å². The van der Waals surface area contributed by atoms with Gasteiger partial charge in [-0.05, 0) is 43.4 Å². The standard InChI is InChI=1S/C15H19IN6O3/c1-15(2,3)13(24)25-8-22-12(23)10-11(17-6-9(16)19-10)20-14(22)18-7-21(4)5/h6-7H,8H2,1-5H3/b18-7+. The predicted octanol–water partition coefficient (Wildman–Crippen LogP) is 1.56. The van der Waals surface area contributed by atoms with Gasteiger partial charge in [0.2, 0.25) is 5.95 Å². The van der Waals surface area contributed by atoms with Crippen molar-refractivity contribution < 1.29 is 9.53 Å². The lowest BCUT2D eigenvalue weighted by atomic mass is 9.98. The highest BCUT2D eigenvalue weighted by atomic mass is 127. The summed E-state index contributed by atoms with van der Waals surface area (Å²) < 4.78 is 6.97. The van der Waals surface area contributed by atoms with Crippen molar-refractivity contribution >= 4 is 52.0 Å². The van der Waals surface area contributed by atoms with Crippen LogP contribution in [0.5, 0.6) is 0 Å². The Morgan fingerprint density at radius 1 is 1.40 bits per heavy atom. The van der Waals surface area contributed by atoms with Crippen molar-refractivity contribution in [2.75, 3.05) is 14.1 Å². The van der Waals surface area contributed by atoms with Crippen molar-refractivity contribution in [1.29, 1.82) is 0 Å². The highest BCUT2D eigenvalue weighted by Crippen LogP contribution is 2.17. The van der Waals surface area contributed by atoms with Crippen molar-refractivity contribution in [1.82, 2.24) is 24.4 Å². The fourth-order valence-corrected chi connectivity index (χ4v) is 2.06.